The number of piperidine rings is 1. The van der Waals surface area contributed by atoms with E-state index in [1.165, 1.54) is 24.8 Å². The van der Waals surface area contributed by atoms with Crippen LogP contribution in [0.25, 0.3) is 0 Å². The Hall–Kier alpha value is -3.11. The van der Waals surface area contributed by atoms with Crippen molar-refractivity contribution < 1.29 is 14.3 Å². The molecule has 1 aliphatic rings. The lowest BCUT2D eigenvalue weighted by Gasteiger charge is -2.34. The summed E-state index contributed by atoms with van der Waals surface area (Å²) in [4.78, 5) is 15.6. The second-order valence-electron chi connectivity index (χ2n) is 8.34. The van der Waals surface area contributed by atoms with Gasteiger partial charge < -0.3 is 14.4 Å². The lowest BCUT2D eigenvalue weighted by molar-refractivity contribution is 0.0179. The van der Waals surface area contributed by atoms with Gasteiger partial charge in [-0.3, -0.25) is 0 Å². The number of methoxy groups -OCH3 is 1. The fraction of sp³-hybridized carbons (Fsp3) is 0.321. The van der Waals surface area contributed by atoms with Crippen molar-refractivity contribution in [2.45, 2.75) is 31.3 Å². The topological polar surface area (TPSA) is 38.8 Å². The fourth-order valence-electron chi connectivity index (χ4n) is 4.43. The summed E-state index contributed by atoms with van der Waals surface area (Å²) in [6, 6.07) is 27.5. The first-order valence-corrected chi connectivity index (χ1v) is 11.4. The number of hydrogen-bond acceptors (Lipinski definition) is 4. The van der Waals surface area contributed by atoms with Crippen LogP contribution in [-0.2, 0) is 4.74 Å². The van der Waals surface area contributed by atoms with Crippen LogP contribution in [0, 0.1) is 0 Å². The van der Waals surface area contributed by atoms with Crippen LogP contribution in [0.4, 0.5) is 0 Å². The van der Waals surface area contributed by atoms with Gasteiger partial charge in [0.15, 0.2) is 0 Å². The van der Waals surface area contributed by atoms with E-state index in [9.17, 15) is 4.79 Å². The Morgan fingerprint density at radius 2 is 1.44 bits per heavy atom. The van der Waals surface area contributed by atoms with Crippen LogP contribution in [0.15, 0.2) is 84.9 Å². The SMILES string of the molecule is COc1ccc([C@@H](OC(=O)c2ccccc2)[C@H](CN2CCCCC2)c2ccccc2)cc1. The molecule has 0 aliphatic carbocycles. The molecule has 32 heavy (non-hydrogen) atoms. The zero-order valence-corrected chi connectivity index (χ0v) is 18.7. The van der Waals surface area contributed by atoms with Gasteiger partial charge in [0.2, 0.25) is 0 Å². The minimum atomic E-state index is -0.405. The molecule has 2 atom stereocenters. The highest BCUT2D eigenvalue weighted by Crippen LogP contribution is 2.37. The number of esters is 1. The van der Waals surface area contributed by atoms with E-state index in [-0.39, 0.29) is 11.9 Å². The molecule has 4 rings (SSSR count). The predicted octanol–water partition coefficient (Wildman–Crippen LogP) is 5.86. The Kier molecular flexibility index (Phi) is 7.57. The highest BCUT2D eigenvalue weighted by atomic mass is 16.5. The van der Waals surface area contributed by atoms with Crippen LogP contribution in [-0.4, -0.2) is 37.6 Å². The molecule has 4 nitrogen and oxygen atoms in total. The van der Waals surface area contributed by atoms with E-state index in [1.807, 2.05) is 48.5 Å². The molecule has 3 aromatic carbocycles. The molecule has 0 N–H and O–H groups in total. The summed E-state index contributed by atoms with van der Waals surface area (Å²) in [6.07, 6.45) is 3.33. The highest BCUT2D eigenvalue weighted by molar-refractivity contribution is 5.89. The molecule has 0 bridgehead atoms. The number of nitrogens with zero attached hydrogens (tertiary/aromatic N) is 1. The van der Waals surface area contributed by atoms with Gasteiger partial charge in [-0.05, 0) is 61.3 Å². The Balaban J connectivity index is 1.69. The zero-order valence-electron chi connectivity index (χ0n) is 18.7. The van der Waals surface area contributed by atoms with Gasteiger partial charge in [-0.1, -0.05) is 67.1 Å². The normalized spacial score (nSPS) is 16.2. The molecule has 1 saturated heterocycles. The summed E-state index contributed by atoms with van der Waals surface area (Å²) in [6.45, 7) is 3.03. The zero-order chi connectivity index (χ0) is 22.2. The Labute approximate surface area is 190 Å². The van der Waals surface area contributed by atoms with Gasteiger partial charge in [0.25, 0.3) is 0 Å². The Bertz CT molecular complexity index is 967. The molecule has 0 unspecified atom stereocenters. The summed E-state index contributed by atoms with van der Waals surface area (Å²) in [7, 11) is 1.66. The van der Waals surface area contributed by atoms with E-state index in [4.69, 9.17) is 9.47 Å². The second kappa shape index (κ2) is 11.0. The van der Waals surface area contributed by atoms with E-state index in [0.29, 0.717) is 5.56 Å². The number of carbonyl (C=O) groups is 1. The first-order chi connectivity index (χ1) is 15.7. The summed E-state index contributed by atoms with van der Waals surface area (Å²) < 4.78 is 11.6. The molecule has 0 radical (unpaired) electrons. The first kappa shape index (κ1) is 22.1. The predicted molar refractivity (Wildman–Crippen MR) is 127 cm³/mol. The maximum atomic E-state index is 13.1. The minimum absolute atomic E-state index is 0.0235. The molecule has 0 saturated carbocycles. The number of likely N-dealkylation sites (tertiary alicyclic amines) is 1. The Morgan fingerprint density at radius 3 is 2.06 bits per heavy atom. The lowest BCUT2D eigenvalue weighted by atomic mass is 9.87. The third kappa shape index (κ3) is 5.57. The van der Waals surface area contributed by atoms with Crippen molar-refractivity contribution in [1.82, 2.24) is 4.90 Å². The van der Waals surface area contributed by atoms with Crippen molar-refractivity contribution in [1.29, 1.82) is 0 Å². The molecule has 1 heterocycles. The molecule has 0 amide bonds. The molecule has 3 aromatic rings. The third-order valence-electron chi connectivity index (χ3n) is 6.18. The minimum Gasteiger partial charge on any atom is -0.497 e. The van der Waals surface area contributed by atoms with Crippen molar-refractivity contribution in [2.75, 3.05) is 26.7 Å². The lowest BCUT2D eigenvalue weighted by Crippen LogP contribution is -2.36. The number of hydrogen-bond donors (Lipinski definition) is 0. The van der Waals surface area contributed by atoms with Crippen LogP contribution < -0.4 is 4.74 Å². The quantitative estimate of drug-likeness (QED) is 0.420. The number of rotatable bonds is 8. The van der Waals surface area contributed by atoms with Crippen LogP contribution in [0.3, 0.4) is 0 Å². The summed E-state index contributed by atoms with van der Waals surface area (Å²) in [5.74, 6) is 0.510. The van der Waals surface area contributed by atoms with Gasteiger partial charge in [-0.15, -0.1) is 0 Å². The van der Waals surface area contributed by atoms with E-state index in [1.54, 1.807) is 19.2 Å². The molecule has 0 spiro atoms. The second-order valence-corrected chi connectivity index (χ2v) is 8.34. The number of benzene rings is 3. The van der Waals surface area contributed by atoms with E-state index >= 15 is 0 Å². The fourth-order valence-corrected chi connectivity index (χ4v) is 4.43. The van der Waals surface area contributed by atoms with Crippen LogP contribution >= 0.6 is 0 Å². The van der Waals surface area contributed by atoms with Crippen LogP contribution in [0.1, 0.15) is 52.8 Å². The van der Waals surface area contributed by atoms with Crippen molar-refractivity contribution >= 4 is 5.97 Å². The molecule has 166 valence electrons. The van der Waals surface area contributed by atoms with E-state index in [0.717, 1.165) is 30.9 Å². The summed E-state index contributed by atoms with van der Waals surface area (Å²) >= 11 is 0. The average Bonchev–Trinajstić information content (AvgIpc) is 2.88. The molecule has 4 heteroatoms. The number of ether oxygens (including phenoxy) is 2. The Morgan fingerprint density at radius 1 is 0.812 bits per heavy atom. The highest BCUT2D eigenvalue weighted by Gasteiger charge is 2.31. The van der Waals surface area contributed by atoms with E-state index < -0.39 is 6.10 Å². The van der Waals surface area contributed by atoms with E-state index in [2.05, 4.69) is 29.2 Å². The summed E-state index contributed by atoms with van der Waals surface area (Å²) in [5.41, 5.74) is 2.72. The molecule has 1 fully saturated rings. The van der Waals surface area contributed by atoms with Crippen molar-refractivity contribution in [3.8, 4) is 5.75 Å². The number of carbonyl (C=O) groups excluding carboxylic acids is 1. The van der Waals surface area contributed by atoms with Gasteiger partial charge in [0.05, 0.1) is 12.7 Å². The maximum Gasteiger partial charge on any atom is 0.338 e. The molecular formula is C28H31NO3. The van der Waals surface area contributed by atoms with Crippen LogP contribution in [0.5, 0.6) is 5.75 Å². The first-order valence-electron chi connectivity index (χ1n) is 11.4. The van der Waals surface area contributed by atoms with Gasteiger partial charge >= 0.3 is 5.97 Å². The van der Waals surface area contributed by atoms with Gasteiger partial charge in [-0.25, -0.2) is 4.79 Å². The third-order valence-corrected chi connectivity index (χ3v) is 6.18. The van der Waals surface area contributed by atoms with Gasteiger partial charge in [0.1, 0.15) is 11.9 Å². The maximum absolute atomic E-state index is 13.1. The monoisotopic (exact) mass is 429 g/mol. The van der Waals surface area contributed by atoms with Gasteiger partial charge in [0, 0.05) is 12.5 Å². The van der Waals surface area contributed by atoms with Gasteiger partial charge in [-0.2, -0.15) is 0 Å². The standard InChI is InChI=1S/C28H31NO3/c1-31-25-17-15-23(16-18-25)27(32-28(30)24-13-7-3-8-14-24)26(22-11-5-2-6-12-22)21-29-19-9-4-10-20-29/h2-3,5-8,11-18,26-27H,4,9-10,19-21H2,1H3/t26-,27-/m1/s1. The van der Waals surface area contributed by atoms with Crippen LogP contribution in [0.2, 0.25) is 0 Å². The van der Waals surface area contributed by atoms with Crippen molar-refractivity contribution in [3.05, 3.63) is 102 Å². The van der Waals surface area contributed by atoms with Crippen molar-refractivity contribution in [3.63, 3.8) is 0 Å². The largest absolute Gasteiger partial charge is 0.497 e. The van der Waals surface area contributed by atoms with Crippen molar-refractivity contribution in [2.24, 2.45) is 0 Å². The molecule has 1 aliphatic heterocycles. The average molecular weight is 430 g/mol. The smallest absolute Gasteiger partial charge is 0.338 e. The molecular weight excluding hydrogens is 398 g/mol. The summed E-state index contributed by atoms with van der Waals surface area (Å²) in [5, 5.41) is 0. The molecule has 0 aromatic heterocycles.